The number of phenolic OH excluding ortho intramolecular Hbond substituents is 1. The molecule has 1 rings (SSSR count). The van der Waals surface area contributed by atoms with Crippen molar-refractivity contribution in [2.45, 2.75) is 37.1 Å². The lowest BCUT2D eigenvalue weighted by atomic mass is 9.94. The number of thioether (sulfide) groups is 1. The van der Waals surface area contributed by atoms with Gasteiger partial charge in [-0.1, -0.05) is 19.8 Å². The van der Waals surface area contributed by atoms with Crippen molar-refractivity contribution in [2.24, 2.45) is 0 Å². The third-order valence-corrected chi connectivity index (χ3v) is 4.08. The summed E-state index contributed by atoms with van der Waals surface area (Å²) in [5.41, 5.74) is -0.535. The zero-order valence-electron chi connectivity index (χ0n) is 11.3. The quantitative estimate of drug-likeness (QED) is 0.621. The summed E-state index contributed by atoms with van der Waals surface area (Å²) in [5.74, 6) is 3.14. The molecule has 0 spiro atoms. The van der Waals surface area contributed by atoms with Gasteiger partial charge in [0.1, 0.15) is 11.3 Å². The second kappa shape index (κ2) is 7.10. The Kier molecular flexibility index (Phi) is 5.78. The average Bonchev–Trinajstić information content (AvgIpc) is 2.44. The maximum atomic E-state index is 11.9. The summed E-state index contributed by atoms with van der Waals surface area (Å²) in [6, 6.07) is 6.76. The van der Waals surface area contributed by atoms with E-state index in [4.69, 9.17) is 6.42 Å². The van der Waals surface area contributed by atoms with Crippen LogP contribution in [0.25, 0.3) is 0 Å². The third kappa shape index (κ3) is 4.53. The second-order valence-corrected chi connectivity index (χ2v) is 5.31. The number of carbonyl (C=O) groups excluding carboxylic acids is 1. The van der Waals surface area contributed by atoms with Crippen LogP contribution in [0.5, 0.6) is 5.75 Å². The molecule has 4 heteroatoms. The van der Waals surface area contributed by atoms with Crippen LogP contribution in [0.1, 0.15) is 26.7 Å². The lowest BCUT2D eigenvalue weighted by Crippen LogP contribution is -2.47. The number of hydrogen-bond acceptors (Lipinski definition) is 3. The number of benzene rings is 1. The van der Waals surface area contributed by atoms with E-state index in [1.165, 1.54) is 11.8 Å². The number of rotatable bonds is 6. The lowest BCUT2D eigenvalue weighted by Gasteiger charge is -2.26. The molecule has 0 saturated carbocycles. The molecule has 0 heterocycles. The van der Waals surface area contributed by atoms with Crippen LogP contribution >= 0.6 is 11.8 Å². The van der Waals surface area contributed by atoms with Gasteiger partial charge in [0.05, 0.1) is 5.75 Å². The molecule has 1 amide bonds. The molecular formula is C15H19NO2S. The van der Waals surface area contributed by atoms with E-state index in [9.17, 15) is 9.90 Å². The van der Waals surface area contributed by atoms with Gasteiger partial charge in [0, 0.05) is 4.90 Å². The van der Waals surface area contributed by atoms with Crippen LogP contribution in [-0.4, -0.2) is 22.3 Å². The van der Waals surface area contributed by atoms with Crippen molar-refractivity contribution in [1.82, 2.24) is 5.32 Å². The first-order chi connectivity index (χ1) is 9.05. The average molecular weight is 277 g/mol. The Hall–Kier alpha value is -1.60. The maximum Gasteiger partial charge on any atom is 0.231 e. The summed E-state index contributed by atoms with van der Waals surface area (Å²) in [6.45, 7) is 3.94. The van der Waals surface area contributed by atoms with E-state index in [1.807, 2.05) is 13.8 Å². The van der Waals surface area contributed by atoms with Crippen molar-refractivity contribution >= 4 is 17.7 Å². The van der Waals surface area contributed by atoms with E-state index in [0.29, 0.717) is 5.75 Å². The highest BCUT2D eigenvalue weighted by molar-refractivity contribution is 8.00. The van der Waals surface area contributed by atoms with Crippen molar-refractivity contribution < 1.29 is 9.90 Å². The Morgan fingerprint density at radius 2 is 1.95 bits per heavy atom. The zero-order valence-corrected chi connectivity index (χ0v) is 12.1. The molecule has 0 aliphatic carbocycles. The van der Waals surface area contributed by atoms with Gasteiger partial charge in [-0.05, 0) is 37.1 Å². The topological polar surface area (TPSA) is 49.3 Å². The molecule has 1 aromatic carbocycles. The molecule has 0 saturated heterocycles. The smallest absolute Gasteiger partial charge is 0.231 e. The number of nitrogens with one attached hydrogen (secondary N) is 1. The summed E-state index contributed by atoms with van der Waals surface area (Å²) in [4.78, 5) is 12.8. The van der Waals surface area contributed by atoms with E-state index < -0.39 is 5.54 Å². The molecule has 102 valence electrons. The van der Waals surface area contributed by atoms with Gasteiger partial charge in [-0.25, -0.2) is 0 Å². The number of carbonyl (C=O) groups is 1. The normalized spacial score (nSPS) is 10.8. The molecule has 0 aromatic heterocycles. The fourth-order valence-electron chi connectivity index (χ4n) is 1.66. The summed E-state index contributed by atoms with van der Waals surface area (Å²) in [5, 5.41) is 12.1. The summed E-state index contributed by atoms with van der Waals surface area (Å²) in [6.07, 6.45) is 6.94. The minimum atomic E-state index is -0.535. The molecule has 1 aromatic rings. The van der Waals surface area contributed by atoms with Gasteiger partial charge < -0.3 is 10.4 Å². The molecule has 0 fully saturated rings. The van der Waals surface area contributed by atoms with E-state index >= 15 is 0 Å². The summed E-state index contributed by atoms with van der Waals surface area (Å²) < 4.78 is 0. The van der Waals surface area contributed by atoms with Crippen molar-refractivity contribution in [2.75, 3.05) is 5.75 Å². The molecular weight excluding hydrogens is 258 g/mol. The molecule has 0 aliphatic heterocycles. The number of amides is 1. The van der Waals surface area contributed by atoms with Gasteiger partial charge >= 0.3 is 0 Å². The molecule has 0 atom stereocenters. The molecule has 0 unspecified atom stereocenters. The third-order valence-electron chi connectivity index (χ3n) is 3.07. The van der Waals surface area contributed by atoms with E-state index in [1.54, 1.807) is 24.3 Å². The highest BCUT2D eigenvalue weighted by Gasteiger charge is 2.24. The molecule has 19 heavy (non-hydrogen) atoms. The van der Waals surface area contributed by atoms with Crippen molar-refractivity contribution in [1.29, 1.82) is 0 Å². The first-order valence-electron chi connectivity index (χ1n) is 6.26. The molecule has 0 bridgehead atoms. The van der Waals surface area contributed by atoms with Gasteiger partial charge in [-0.15, -0.1) is 18.2 Å². The van der Waals surface area contributed by atoms with Crippen LogP contribution in [0.15, 0.2) is 29.2 Å². The first kappa shape index (κ1) is 15.5. The predicted molar refractivity (Wildman–Crippen MR) is 79.1 cm³/mol. The summed E-state index contributed by atoms with van der Waals surface area (Å²) >= 11 is 1.42. The van der Waals surface area contributed by atoms with Gasteiger partial charge in [0.15, 0.2) is 0 Å². The number of hydrogen-bond donors (Lipinski definition) is 2. The van der Waals surface area contributed by atoms with E-state index in [-0.39, 0.29) is 11.7 Å². The number of phenols is 1. The van der Waals surface area contributed by atoms with Crippen LogP contribution in [0.2, 0.25) is 0 Å². The Morgan fingerprint density at radius 3 is 2.42 bits per heavy atom. The van der Waals surface area contributed by atoms with Crippen molar-refractivity contribution in [3.05, 3.63) is 24.3 Å². The molecule has 0 aliphatic rings. The van der Waals surface area contributed by atoms with Gasteiger partial charge in [0.25, 0.3) is 0 Å². The second-order valence-electron chi connectivity index (χ2n) is 4.26. The zero-order chi connectivity index (χ0) is 14.3. The van der Waals surface area contributed by atoms with E-state index in [2.05, 4.69) is 11.2 Å². The minimum absolute atomic E-state index is 0.0697. The van der Waals surface area contributed by atoms with Gasteiger partial charge in [-0.3, -0.25) is 4.79 Å². The molecule has 3 nitrogen and oxygen atoms in total. The summed E-state index contributed by atoms with van der Waals surface area (Å²) in [7, 11) is 0. The standard InChI is InChI=1S/C15H19NO2S/c1-4-15(5-2,6-3)16-14(18)11-19-13-9-7-12(17)8-10-13/h1,7-10,17H,5-6,11H2,2-3H3,(H,16,18). The van der Waals surface area contributed by atoms with Crippen LogP contribution in [-0.2, 0) is 4.79 Å². The van der Waals surface area contributed by atoms with Gasteiger partial charge in [0.2, 0.25) is 5.91 Å². The highest BCUT2D eigenvalue weighted by Crippen LogP contribution is 2.21. The SMILES string of the molecule is C#CC(CC)(CC)NC(=O)CSc1ccc(O)cc1. The van der Waals surface area contributed by atoms with Crippen molar-refractivity contribution in [3.63, 3.8) is 0 Å². The first-order valence-corrected chi connectivity index (χ1v) is 7.24. The highest BCUT2D eigenvalue weighted by atomic mass is 32.2. The largest absolute Gasteiger partial charge is 0.508 e. The van der Waals surface area contributed by atoms with Crippen LogP contribution in [0.3, 0.4) is 0 Å². The maximum absolute atomic E-state index is 11.9. The Morgan fingerprint density at radius 1 is 1.37 bits per heavy atom. The van der Waals surface area contributed by atoms with Crippen LogP contribution in [0.4, 0.5) is 0 Å². The Labute approximate surface area is 118 Å². The fraction of sp³-hybridized carbons (Fsp3) is 0.400. The molecule has 2 N–H and O–H groups in total. The van der Waals surface area contributed by atoms with Crippen molar-refractivity contribution in [3.8, 4) is 18.1 Å². The Balaban J connectivity index is 2.52. The fourth-order valence-corrected chi connectivity index (χ4v) is 2.36. The van der Waals surface area contributed by atoms with E-state index in [0.717, 1.165) is 17.7 Å². The Bertz CT molecular complexity index is 458. The number of aromatic hydroxyl groups is 1. The molecule has 0 radical (unpaired) electrons. The lowest BCUT2D eigenvalue weighted by molar-refractivity contribution is -0.119. The van der Waals surface area contributed by atoms with Gasteiger partial charge in [-0.2, -0.15) is 0 Å². The number of terminal acetylenes is 1. The van der Waals surface area contributed by atoms with Crippen LogP contribution in [0, 0.1) is 12.3 Å². The van der Waals surface area contributed by atoms with Crippen LogP contribution < -0.4 is 5.32 Å². The minimum Gasteiger partial charge on any atom is -0.508 e. The predicted octanol–water partition coefficient (Wildman–Crippen LogP) is 2.79. The monoisotopic (exact) mass is 277 g/mol.